The van der Waals surface area contributed by atoms with E-state index in [9.17, 15) is 4.39 Å². The van der Waals surface area contributed by atoms with Gasteiger partial charge in [-0.3, -0.25) is 0 Å². The summed E-state index contributed by atoms with van der Waals surface area (Å²) in [5.74, 6) is -0.193. The fourth-order valence-corrected chi connectivity index (χ4v) is 4.14. The zero-order valence-electron chi connectivity index (χ0n) is 9.34. The summed E-state index contributed by atoms with van der Waals surface area (Å²) in [6.45, 7) is 0. The van der Waals surface area contributed by atoms with E-state index in [-0.39, 0.29) is 10.6 Å². The zero-order chi connectivity index (χ0) is 13.1. The van der Waals surface area contributed by atoms with Crippen molar-refractivity contribution < 1.29 is 4.39 Å². The number of halogens is 4. The van der Waals surface area contributed by atoms with E-state index >= 15 is 0 Å². The molecule has 1 unspecified atom stereocenters. The minimum absolute atomic E-state index is 0.154. The molecule has 0 nitrogen and oxygen atoms in total. The summed E-state index contributed by atoms with van der Waals surface area (Å²) < 4.78 is 15.2. The van der Waals surface area contributed by atoms with Crippen molar-refractivity contribution in [1.29, 1.82) is 0 Å². The molecule has 18 heavy (non-hydrogen) atoms. The summed E-state index contributed by atoms with van der Waals surface area (Å²) in [6.07, 6.45) is 0.748. The molecule has 0 radical (unpaired) electrons. The van der Waals surface area contributed by atoms with E-state index in [0.717, 1.165) is 26.5 Å². The highest BCUT2D eigenvalue weighted by Gasteiger charge is 2.12. The molecule has 0 saturated carbocycles. The van der Waals surface area contributed by atoms with E-state index in [1.54, 1.807) is 12.1 Å². The Morgan fingerprint density at radius 3 is 2.50 bits per heavy atom. The Morgan fingerprint density at radius 2 is 1.83 bits per heavy atom. The van der Waals surface area contributed by atoms with Crippen molar-refractivity contribution in [2.45, 2.75) is 11.2 Å². The topological polar surface area (TPSA) is 0 Å². The molecule has 94 valence electrons. The third kappa shape index (κ3) is 3.65. The van der Waals surface area contributed by atoms with Gasteiger partial charge in [0.2, 0.25) is 0 Å². The highest BCUT2D eigenvalue weighted by Crippen LogP contribution is 2.34. The molecular formula is C14H10Br3F. The Balaban J connectivity index is 2.19. The predicted octanol–water partition coefficient (Wildman–Crippen LogP) is 6.03. The Hall–Kier alpha value is -0.190. The molecule has 0 aliphatic heterocycles. The third-order valence-electron chi connectivity index (χ3n) is 2.60. The molecule has 2 rings (SSSR count). The van der Waals surface area contributed by atoms with Crippen LogP contribution in [0.4, 0.5) is 4.39 Å². The third-order valence-corrected chi connectivity index (χ3v) is 4.60. The predicted molar refractivity (Wildman–Crippen MR) is 83.6 cm³/mol. The smallest absolute Gasteiger partial charge is 0.123 e. The standard InChI is InChI=1S/C14H10Br3F/c15-10-4-5-12(14(17)8-10)13(16)7-9-2-1-3-11(18)6-9/h1-6,8,13H,7H2. The average Bonchev–Trinajstić information content (AvgIpc) is 2.28. The highest BCUT2D eigenvalue weighted by molar-refractivity contribution is 9.11. The molecule has 2 aromatic rings. The molecule has 2 aromatic carbocycles. The van der Waals surface area contributed by atoms with E-state index in [0.29, 0.717) is 0 Å². The lowest BCUT2D eigenvalue weighted by Gasteiger charge is -2.12. The molecule has 0 fully saturated rings. The van der Waals surface area contributed by atoms with Gasteiger partial charge in [0.05, 0.1) is 0 Å². The van der Waals surface area contributed by atoms with Gasteiger partial charge in [0.1, 0.15) is 5.82 Å². The first kappa shape index (κ1) is 14.2. The van der Waals surface area contributed by atoms with Crippen molar-refractivity contribution in [3.05, 3.63) is 68.4 Å². The van der Waals surface area contributed by atoms with Gasteiger partial charge in [0.15, 0.2) is 0 Å². The first-order valence-electron chi connectivity index (χ1n) is 5.40. The van der Waals surface area contributed by atoms with Gasteiger partial charge in [0, 0.05) is 13.8 Å². The quantitative estimate of drug-likeness (QED) is 0.515. The minimum Gasteiger partial charge on any atom is -0.207 e. The number of hydrogen-bond acceptors (Lipinski definition) is 0. The van der Waals surface area contributed by atoms with Crippen LogP contribution in [0, 0.1) is 5.82 Å². The summed E-state index contributed by atoms with van der Waals surface area (Å²) in [4.78, 5) is 0.154. The monoisotopic (exact) mass is 434 g/mol. The second-order valence-corrected chi connectivity index (χ2v) is 6.84. The summed E-state index contributed by atoms with van der Waals surface area (Å²) in [5.41, 5.74) is 2.13. The Labute approximate surface area is 131 Å². The fraction of sp³-hybridized carbons (Fsp3) is 0.143. The molecule has 0 N–H and O–H groups in total. The average molecular weight is 437 g/mol. The van der Waals surface area contributed by atoms with Gasteiger partial charge in [-0.15, -0.1) is 0 Å². The fourth-order valence-electron chi connectivity index (χ4n) is 1.74. The SMILES string of the molecule is Fc1cccc(CC(Br)c2ccc(Br)cc2Br)c1. The molecular weight excluding hydrogens is 427 g/mol. The van der Waals surface area contributed by atoms with Gasteiger partial charge in [0.25, 0.3) is 0 Å². The second-order valence-electron chi connectivity index (χ2n) is 3.97. The lowest BCUT2D eigenvalue weighted by atomic mass is 10.0. The highest BCUT2D eigenvalue weighted by atomic mass is 79.9. The molecule has 0 saturated heterocycles. The van der Waals surface area contributed by atoms with Crippen LogP contribution in [0.2, 0.25) is 0 Å². The molecule has 4 heteroatoms. The number of benzene rings is 2. The van der Waals surface area contributed by atoms with Gasteiger partial charge < -0.3 is 0 Å². The van der Waals surface area contributed by atoms with Crippen molar-refractivity contribution in [3.63, 3.8) is 0 Å². The van der Waals surface area contributed by atoms with Crippen molar-refractivity contribution in [1.82, 2.24) is 0 Å². The normalized spacial score (nSPS) is 12.4. The Kier molecular flexibility index (Phi) is 4.98. The summed E-state index contributed by atoms with van der Waals surface area (Å²) in [7, 11) is 0. The summed E-state index contributed by atoms with van der Waals surface area (Å²) >= 11 is 10.6. The van der Waals surface area contributed by atoms with Crippen molar-refractivity contribution in [3.8, 4) is 0 Å². The van der Waals surface area contributed by atoms with Crippen LogP contribution in [0.1, 0.15) is 16.0 Å². The van der Waals surface area contributed by atoms with E-state index in [1.165, 1.54) is 6.07 Å². The Bertz CT molecular complexity index is 554. The van der Waals surface area contributed by atoms with E-state index in [1.807, 2.05) is 24.3 Å². The maximum absolute atomic E-state index is 13.1. The van der Waals surface area contributed by atoms with Crippen LogP contribution in [0.15, 0.2) is 51.4 Å². The number of rotatable bonds is 3. The molecule has 0 aliphatic carbocycles. The van der Waals surface area contributed by atoms with E-state index in [4.69, 9.17) is 0 Å². The van der Waals surface area contributed by atoms with Crippen molar-refractivity contribution >= 4 is 47.8 Å². The van der Waals surface area contributed by atoms with Gasteiger partial charge in [-0.25, -0.2) is 4.39 Å². The zero-order valence-corrected chi connectivity index (χ0v) is 14.1. The largest absolute Gasteiger partial charge is 0.207 e. The van der Waals surface area contributed by atoms with E-state index in [2.05, 4.69) is 47.8 Å². The van der Waals surface area contributed by atoms with Crippen molar-refractivity contribution in [2.24, 2.45) is 0 Å². The van der Waals surface area contributed by atoms with Crippen LogP contribution in [-0.4, -0.2) is 0 Å². The first-order valence-corrected chi connectivity index (χ1v) is 7.90. The number of alkyl halides is 1. The minimum atomic E-state index is -0.193. The molecule has 0 bridgehead atoms. The lowest BCUT2D eigenvalue weighted by Crippen LogP contribution is -1.97. The first-order chi connectivity index (χ1) is 8.56. The van der Waals surface area contributed by atoms with Gasteiger partial charge in [-0.1, -0.05) is 66.0 Å². The van der Waals surface area contributed by atoms with Gasteiger partial charge >= 0.3 is 0 Å². The maximum Gasteiger partial charge on any atom is 0.123 e. The van der Waals surface area contributed by atoms with Gasteiger partial charge in [-0.05, 0) is 41.8 Å². The van der Waals surface area contributed by atoms with Crippen molar-refractivity contribution in [2.75, 3.05) is 0 Å². The van der Waals surface area contributed by atoms with E-state index < -0.39 is 0 Å². The maximum atomic E-state index is 13.1. The van der Waals surface area contributed by atoms with Crippen LogP contribution >= 0.6 is 47.8 Å². The molecule has 0 amide bonds. The second kappa shape index (κ2) is 6.31. The van der Waals surface area contributed by atoms with Crippen LogP contribution in [-0.2, 0) is 6.42 Å². The molecule has 1 atom stereocenters. The van der Waals surface area contributed by atoms with Crippen LogP contribution in [0.5, 0.6) is 0 Å². The van der Waals surface area contributed by atoms with Crippen LogP contribution < -0.4 is 0 Å². The molecule has 0 aromatic heterocycles. The number of hydrogen-bond donors (Lipinski definition) is 0. The van der Waals surface area contributed by atoms with Crippen LogP contribution in [0.25, 0.3) is 0 Å². The lowest BCUT2D eigenvalue weighted by molar-refractivity contribution is 0.625. The molecule has 0 heterocycles. The Morgan fingerprint density at radius 1 is 1.06 bits per heavy atom. The molecule has 0 aliphatic rings. The molecule has 0 spiro atoms. The summed E-state index contributed by atoms with van der Waals surface area (Å²) in [5, 5.41) is 0. The summed E-state index contributed by atoms with van der Waals surface area (Å²) in [6, 6.07) is 12.8. The van der Waals surface area contributed by atoms with Gasteiger partial charge in [-0.2, -0.15) is 0 Å². The van der Waals surface area contributed by atoms with Crippen LogP contribution in [0.3, 0.4) is 0 Å².